The fourth-order valence-electron chi connectivity index (χ4n) is 5.88. The maximum absolute atomic E-state index is 13.6. The van der Waals surface area contributed by atoms with Crippen molar-refractivity contribution in [2.24, 2.45) is 15.9 Å². The number of nitrogens with zero attached hydrogens (tertiary/aromatic N) is 4. The summed E-state index contributed by atoms with van der Waals surface area (Å²) in [7, 11) is 0. The van der Waals surface area contributed by atoms with Crippen molar-refractivity contribution in [1.29, 1.82) is 0 Å². The summed E-state index contributed by atoms with van der Waals surface area (Å²) in [5.74, 6) is -0.502. The Morgan fingerprint density at radius 3 is 2.59 bits per heavy atom. The summed E-state index contributed by atoms with van der Waals surface area (Å²) in [5, 5.41) is 3.54. The van der Waals surface area contributed by atoms with E-state index in [1.165, 1.54) is 17.4 Å². The number of Topliss-reactive ketones (excluding diaryl/α,β-unsaturated/α-hetero) is 1. The lowest BCUT2D eigenvalue weighted by atomic mass is 9.90. The van der Waals surface area contributed by atoms with Gasteiger partial charge in [0.25, 0.3) is 0 Å². The highest BCUT2D eigenvalue weighted by molar-refractivity contribution is 8.14. The smallest absolute Gasteiger partial charge is 0.230 e. The van der Waals surface area contributed by atoms with Crippen LogP contribution in [0.5, 0.6) is 0 Å². The first-order chi connectivity index (χ1) is 20.1. The number of piperazine rings is 1. The molecular weight excluding hydrogens is 538 g/mol. The van der Waals surface area contributed by atoms with Gasteiger partial charge in [0, 0.05) is 57.0 Å². The minimum Gasteiger partial charge on any atom is -0.376 e. The van der Waals surface area contributed by atoms with Crippen molar-refractivity contribution in [2.45, 2.75) is 37.8 Å². The summed E-state index contributed by atoms with van der Waals surface area (Å²) in [5.41, 5.74) is 3.48. The molecule has 4 heterocycles. The standard InChI is InChI=1S/C31H35N5O4S/c37-26(32-19-22-9-6-18-40-22)20-41-31-28-29(23-10-4-5-11-24(23)34-31)33-25(30(28)39)12-13-27(38)36-16-14-35(15-17-36)21-7-2-1-3-8-21/h1-5,7-8,10-11,22,25,28H,6,9,12-20H2,(H,32,37). The van der Waals surface area contributed by atoms with E-state index in [1.807, 2.05) is 47.4 Å². The molecule has 3 atom stereocenters. The first-order valence-corrected chi connectivity index (χ1v) is 15.4. The quantitative estimate of drug-likeness (QED) is 0.520. The molecule has 0 radical (unpaired) electrons. The molecule has 1 N–H and O–H groups in total. The number of amides is 2. The highest BCUT2D eigenvalue weighted by Gasteiger charge is 2.44. The molecular formula is C31H35N5O4S. The van der Waals surface area contributed by atoms with Crippen molar-refractivity contribution in [3.8, 4) is 0 Å². The predicted octanol–water partition coefficient (Wildman–Crippen LogP) is 3.24. The first kappa shape index (κ1) is 27.7. The number of carbonyl (C=O) groups excluding carboxylic acids is 3. The van der Waals surface area contributed by atoms with E-state index < -0.39 is 12.0 Å². The van der Waals surface area contributed by atoms with Crippen molar-refractivity contribution >= 4 is 51.5 Å². The van der Waals surface area contributed by atoms with Crippen molar-refractivity contribution in [1.82, 2.24) is 10.2 Å². The Hall–Kier alpha value is -3.50. The van der Waals surface area contributed by atoms with E-state index >= 15 is 0 Å². The first-order valence-electron chi connectivity index (χ1n) is 14.4. The number of carbonyl (C=O) groups is 3. The molecule has 9 nitrogen and oxygen atoms in total. The average Bonchev–Trinajstić information content (AvgIpc) is 3.66. The van der Waals surface area contributed by atoms with Gasteiger partial charge in [-0.05, 0) is 37.5 Å². The molecule has 2 aromatic rings. The Kier molecular flexibility index (Phi) is 8.48. The van der Waals surface area contributed by atoms with Crippen LogP contribution in [0.4, 0.5) is 11.4 Å². The van der Waals surface area contributed by atoms with Crippen molar-refractivity contribution in [2.75, 3.05) is 50.0 Å². The molecule has 2 amide bonds. The Balaban J connectivity index is 1.06. The summed E-state index contributed by atoms with van der Waals surface area (Å²) in [4.78, 5) is 53.1. The second-order valence-corrected chi connectivity index (χ2v) is 11.8. The lowest BCUT2D eigenvalue weighted by Gasteiger charge is -2.36. The van der Waals surface area contributed by atoms with Crippen LogP contribution in [0.3, 0.4) is 0 Å². The number of fused-ring (bicyclic) bond motifs is 3. The van der Waals surface area contributed by atoms with Gasteiger partial charge in [-0.25, -0.2) is 4.99 Å². The van der Waals surface area contributed by atoms with Crippen LogP contribution < -0.4 is 10.2 Å². The number of thioether (sulfide) groups is 1. The second-order valence-electron chi connectivity index (χ2n) is 10.8. The van der Waals surface area contributed by atoms with Crippen LogP contribution in [0.2, 0.25) is 0 Å². The summed E-state index contributed by atoms with van der Waals surface area (Å²) in [6.45, 7) is 4.16. The van der Waals surface area contributed by atoms with Crippen LogP contribution in [0.1, 0.15) is 31.2 Å². The van der Waals surface area contributed by atoms with Gasteiger partial charge in [0.05, 0.1) is 28.3 Å². The largest absolute Gasteiger partial charge is 0.376 e. The second kappa shape index (κ2) is 12.6. The molecule has 6 rings (SSSR count). The lowest BCUT2D eigenvalue weighted by Crippen LogP contribution is -2.48. The molecule has 0 spiro atoms. The molecule has 0 bridgehead atoms. The highest BCUT2D eigenvalue weighted by Crippen LogP contribution is 2.38. The van der Waals surface area contributed by atoms with Gasteiger partial charge in [0.1, 0.15) is 12.0 Å². The zero-order chi connectivity index (χ0) is 28.2. The van der Waals surface area contributed by atoms with Gasteiger partial charge >= 0.3 is 0 Å². The molecule has 4 aliphatic heterocycles. The minimum atomic E-state index is -0.588. The Bertz CT molecular complexity index is 1350. The van der Waals surface area contributed by atoms with Crippen molar-refractivity contribution < 1.29 is 19.1 Å². The van der Waals surface area contributed by atoms with Crippen LogP contribution in [-0.4, -0.2) is 90.5 Å². The summed E-state index contributed by atoms with van der Waals surface area (Å²) in [6.07, 6.45) is 2.71. The van der Waals surface area contributed by atoms with Crippen LogP contribution in [0.25, 0.3) is 0 Å². The van der Waals surface area contributed by atoms with Crippen molar-refractivity contribution in [3.05, 3.63) is 60.2 Å². The van der Waals surface area contributed by atoms with Gasteiger partial charge in [-0.15, -0.1) is 0 Å². The molecule has 2 aromatic carbocycles. The number of anilines is 1. The maximum atomic E-state index is 13.6. The van der Waals surface area contributed by atoms with Gasteiger partial charge in [-0.2, -0.15) is 0 Å². The molecule has 2 fully saturated rings. The van der Waals surface area contributed by atoms with Gasteiger partial charge < -0.3 is 19.9 Å². The maximum Gasteiger partial charge on any atom is 0.230 e. The number of para-hydroxylation sites is 2. The summed E-state index contributed by atoms with van der Waals surface area (Å²) >= 11 is 1.29. The van der Waals surface area contributed by atoms with Gasteiger partial charge in [-0.1, -0.05) is 48.2 Å². The number of aliphatic imine (C=N–C) groups is 2. The zero-order valence-corrected chi connectivity index (χ0v) is 23.9. The van der Waals surface area contributed by atoms with Crippen molar-refractivity contribution in [3.63, 3.8) is 0 Å². The van der Waals surface area contributed by atoms with Crippen LogP contribution in [0, 0.1) is 5.92 Å². The molecule has 41 heavy (non-hydrogen) atoms. The molecule has 3 unspecified atom stereocenters. The average molecular weight is 574 g/mol. The molecule has 2 saturated heterocycles. The van der Waals surface area contributed by atoms with E-state index in [2.05, 4.69) is 22.3 Å². The van der Waals surface area contributed by atoms with E-state index in [0.717, 1.165) is 43.8 Å². The SMILES string of the molecule is O=C(CSC1=Nc2ccccc2C2=NC(CCC(=O)N3CCN(c4ccccc4)CC3)C(=O)C12)NCC1CCCO1. The number of ketones is 1. The third-order valence-electron chi connectivity index (χ3n) is 8.13. The number of hydrogen-bond acceptors (Lipinski definition) is 8. The van der Waals surface area contributed by atoms with Gasteiger partial charge in [0.15, 0.2) is 5.78 Å². The minimum absolute atomic E-state index is 0.0396. The topological polar surface area (TPSA) is 104 Å². The normalized spacial score (nSPS) is 23.5. The fourth-order valence-corrected chi connectivity index (χ4v) is 6.82. The lowest BCUT2D eigenvalue weighted by molar-refractivity contribution is -0.131. The number of nitrogens with one attached hydrogen (secondary N) is 1. The van der Waals surface area contributed by atoms with E-state index in [0.29, 0.717) is 36.8 Å². The molecule has 214 valence electrons. The predicted molar refractivity (Wildman–Crippen MR) is 161 cm³/mol. The number of rotatable bonds is 8. The number of ether oxygens (including phenoxy) is 1. The Morgan fingerprint density at radius 2 is 1.80 bits per heavy atom. The third-order valence-corrected chi connectivity index (χ3v) is 9.16. The molecule has 0 saturated carbocycles. The summed E-state index contributed by atoms with van der Waals surface area (Å²) in [6, 6.07) is 17.3. The summed E-state index contributed by atoms with van der Waals surface area (Å²) < 4.78 is 5.59. The van der Waals surface area contributed by atoms with Crippen LogP contribution in [0.15, 0.2) is 64.6 Å². The van der Waals surface area contributed by atoms with Crippen LogP contribution >= 0.6 is 11.8 Å². The number of hydrogen-bond donors (Lipinski definition) is 1. The van der Waals surface area contributed by atoms with E-state index in [9.17, 15) is 14.4 Å². The Morgan fingerprint density at radius 1 is 1.02 bits per heavy atom. The number of benzene rings is 2. The van der Waals surface area contributed by atoms with E-state index in [1.54, 1.807) is 0 Å². The van der Waals surface area contributed by atoms with Gasteiger partial charge in [-0.3, -0.25) is 19.4 Å². The van der Waals surface area contributed by atoms with Crippen LogP contribution in [-0.2, 0) is 19.1 Å². The molecule has 0 aromatic heterocycles. The molecule has 0 aliphatic carbocycles. The zero-order valence-electron chi connectivity index (χ0n) is 23.0. The van der Waals surface area contributed by atoms with E-state index in [-0.39, 0.29) is 35.9 Å². The highest BCUT2D eigenvalue weighted by atomic mass is 32.2. The van der Waals surface area contributed by atoms with Gasteiger partial charge in [0.2, 0.25) is 11.8 Å². The third kappa shape index (κ3) is 6.23. The molecule has 10 heteroatoms. The monoisotopic (exact) mass is 573 g/mol. The molecule has 4 aliphatic rings. The van der Waals surface area contributed by atoms with E-state index in [4.69, 9.17) is 14.7 Å². The fraction of sp³-hybridized carbons (Fsp3) is 0.452. The Labute approximate surface area is 244 Å².